The van der Waals surface area contributed by atoms with Crippen LogP contribution in [0.4, 0.5) is 13.2 Å². The summed E-state index contributed by atoms with van der Waals surface area (Å²) < 4.78 is 39.2. The smallest absolute Gasteiger partial charge is 0.336 e. The van der Waals surface area contributed by atoms with Crippen LogP contribution >= 0.6 is 0 Å². The lowest BCUT2D eigenvalue weighted by molar-refractivity contribution is -0.141. The molecule has 1 amide bonds. The molecule has 8 heteroatoms. The first-order valence-electron chi connectivity index (χ1n) is 6.77. The largest absolute Gasteiger partial charge is 0.433 e. The molecule has 1 aliphatic rings. The Morgan fingerprint density at radius 1 is 1.32 bits per heavy atom. The molecule has 1 aliphatic heterocycles. The molecule has 0 aliphatic carbocycles. The van der Waals surface area contributed by atoms with Crippen molar-refractivity contribution in [2.24, 2.45) is 0 Å². The molecule has 22 heavy (non-hydrogen) atoms. The van der Waals surface area contributed by atoms with Gasteiger partial charge < -0.3 is 4.90 Å². The third-order valence-electron chi connectivity index (χ3n) is 3.65. The van der Waals surface area contributed by atoms with Gasteiger partial charge in [-0.25, -0.2) is 0 Å². The van der Waals surface area contributed by atoms with E-state index in [-0.39, 0.29) is 17.5 Å². The second-order valence-corrected chi connectivity index (χ2v) is 5.11. The number of hydrogen-bond donors (Lipinski definition) is 0. The molecule has 0 spiro atoms. The van der Waals surface area contributed by atoms with Crippen molar-refractivity contribution in [1.29, 1.82) is 0 Å². The van der Waals surface area contributed by atoms with Crippen LogP contribution in [-0.2, 0) is 6.18 Å². The summed E-state index contributed by atoms with van der Waals surface area (Å²) in [7, 11) is 0. The van der Waals surface area contributed by atoms with Crippen molar-refractivity contribution in [3.63, 3.8) is 0 Å². The average molecular weight is 310 g/mol. The van der Waals surface area contributed by atoms with E-state index >= 15 is 0 Å². The number of aromatic nitrogens is 3. The Hall–Kier alpha value is -2.38. The number of carbonyl (C=O) groups excluding carboxylic acids is 1. The molecule has 1 unspecified atom stereocenters. The van der Waals surface area contributed by atoms with E-state index in [1.165, 1.54) is 6.07 Å². The molecule has 3 heterocycles. The van der Waals surface area contributed by atoms with Gasteiger partial charge in [0.25, 0.3) is 5.91 Å². The van der Waals surface area contributed by atoms with Crippen LogP contribution < -0.4 is 0 Å². The van der Waals surface area contributed by atoms with Crippen LogP contribution in [0.25, 0.3) is 0 Å². The zero-order chi connectivity index (χ0) is 15.7. The van der Waals surface area contributed by atoms with E-state index in [1.54, 1.807) is 15.8 Å². The highest BCUT2D eigenvalue weighted by atomic mass is 19.4. The number of amides is 1. The Labute approximate surface area is 124 Å². The minimum absolute atomic E-state index is 0.0985. The van der Waals surface area contributed by atoms with E-state index < -0.39 is 11.9 Å². The topological polar surface area (TPSA) is 51.0 Å². The second-order valence-electron chi connectivity index (χ2n) is 5.11. The maximum absolute atomic E-state index is 12.5. The van der Waals surface area contributed by atoms with Crippen molar-refractivity contribution in [3.8, 4) is 0 Å². The van der Waals surface area contributed by atoms with Crippen LogP contribution in [0.3, 0.4) is 0 Å². The predicted molar refractivity (Wildman–Crippen MR) is 71.0 cm³/mol. The van der Waals surface area contributed by atoms with Crippen LogP contribution in [0, 0.1) is 0 Å². The van der Waals surface area contributed by atoms with Gasteiger partial charge in [0.2, 0.25) is 0 Å². The highest BCUT2D eigenvalue weighted by Gasteiger charge is 2.33. The SMILES string of the molecule is O=C(c1ccc(C(F)(F)F)nc1)N1CCC(n2cccn2)C1. The summed E-state index contributed by atoms with van der Waals surface area (Å²) in [4.78, 5) is 17.2. The number of alkyl halides is 3. The van der Waals surface area contributed by atoms with Gasteiger partial charge in [0.15, 0.2) is 0 Å². The highest BCUT2D eigenvalue weighted by Crippen LogP contribution is 2.28. The summed E-state index contributed by atoms with van der Waals surface area (Å²) in [5.41, 5.74) is -0.839. The quantitative estimate of drug-likeness (QED) is 0.856. The molecule has 0 saturated carbocycles. The summed E-state index contributed by atoms with van der Waals surface area (Å²) in [6, 6.07) is 3.90. The van der Waals surface area contributed by atoms with E-state index in [0.717, 1.165) is 18.7 Å². The van der Waals surface area contributed by atoms with Crippen molar-refractivity contribution >= 4 is 5.91 Å². The Morgan fingerprint density at radius 2 is 2.14 bits per heavy atom. The maximum atomic E-state index is 12.5. The fraction of sp³-hybridized carbons (Fsp3) is 0.357. The van der Waals surface area contributed by atoms with Gasteiger partial charge in [-0.15, -0.1) is 0 Å². The van der Waals surface area contributed by atoms with Gasteiger partial charge in [-0.3, -0.25) is 14.5 Å². The van der Waals surface area contributed by atoms with Crippen molar-refractivity contribution in [2.45, 2.75) is 18.6 Å². The Balaban J connectivity index is 1.70. The molecular weight excluding hydrogens is 297 g/mol. The van der Waals surface area contributed by atoms with E-state index in [2.05, 4.69) is 10.1 Å². The van der Waals surface area contributed by atoms with Crippen LogP contribution in [0.1, 0.15) is 28.5 Å². The van der Waals surface area contributed by atoms with Gasteiger partial charge in [0, 0.05) is 31.7 Å². The summed E-state index contributed by atoms with van der Waals surface area (Å²) in [5, 5.41) is 4.14. The fourth-order valence-corrected chi connectivity index (χ4v) is 2.51. The molecule has 2 aromatic heterocycles. The standard InChI is InChI=1S/C14H13F3N4O/c15-14(16,17)12-3-2-10(8-18-12)13(22)20-7-4-11(9-20)21-6-1-5-19-21/h1-3,5-6,8,11H,4,7,9H2. The lowest BCUT2D eigenvalue weighted by Crippen LogP contribution is -2.29. The molecule has 116 valence electrons. The van der Waals surface area contributed by atoms with Crippen molar-refractivity contribution in [1.82, 2.24) is 19.7 Å². The predicted octanol–water partition coefficient (Wildman–Crippen LogP) is 2.38. The van der Waals surface area contributed by atoms with Crippen LogP contribution in [0.5, 0.6) is 0 Å². The molecule has 5 nitrogen and oxygen atoms in total. The lowest BCUT2D eigenvalue weighted by Gasteiger charge is -2.17. The van der Waals surface area contributed by atoms with Crippen molar-refractivity contribution < 1.29 is 18.0 Å². The fourth-order valence-electron chi connectivity index (χ4n) is 2.51. The second kappa shape index (κ2) is 5.43. The molecular formula is C14H13F3N4O. The summed E-state index contributed by atoms with van der Waals surface area (Å²) in [6.07, 6.45) is 0.747. The molecule has 2 aromatic rings. The van der Waals surface area contributed by atoms with E-state index in [9.17, 15) is 18.0 Å². The molecule has 0 bridgehead atoms. The van der Waals surface area contributed by atoms with E-state index in [1.807, 2.05) is 12.3 Å². The Kier molecular flexibility index (Phi) is 3.59. The maximum Gasteiger partial charge on any atom is 0.433 e. The number of halogens is 3. The van der Waals surface area contributed by atoms with Gasteiger partial charge in [-0.2, -0.15) is 18.3 Å². The number of nitrogens with zero attached hydrogens (tertiary/aromatic N) is 4. The average Bonchev–Trinajstić information content (AvgIpc) is 3.16. The monoisotopic (exact) mass is 310 g/mol. The minimum atomic E-state index is -4.50. The normalized spacial score (nSPS) is 18.7. The Bertz CT molecular complexity index is 652. The molecule has 1 fully saturated rings. The zero-order valence-corrected chi connectivity index (χ0v) is 11.5. The van der Waals surface area contributed by atoms with Gasteiger partial charge in [0.05, 0.1) is 11.6 Å². The van der Waals surface area contributed by atoms with Gasteiger partial charge in [-0.1, -0.05) is 0 Å². The highest BCUT2D eigenvalue weighted by molar-refractivity contribution is 5.94. The van der Waals surface area contributed by atoms with Crippen LogP contribution in [0.15, 0.2) is 36.8 Å². The lowest BCUT2D eigenvalue weighted by atomic mass is 10.2. The van der Waals surface area contributed by atoms with E-state index in [0.29, 0.717) is 13.1 Å². The van der Waals surface area contributed by atoms with Gasteiger partial charge in [0.1, 0.15) is 5.69 Å². The van der Waals surface area contributed by atoms with Gasteiger partial charge >= 0.3 is 6.18 Å². The number of rotatable bonds is 2. The van der Waals surface area contributed by atoms with Crippen molar-refractivity contribution in [2.75, 3.05) is 13.1 Å². The van der Waals surface area contributed by atoms with E-state index in [4.69, 9.17) is 0 Å². The van der Waals surface area contributed by atoms with Crippen molar-refractivity contribution in [3.05, 3.63) is 48.0 Å². The molecule has 0 aromatic carbocycles. The molecule has 1 atom stereocenters. The first-order valence-corrected chi connectivity index (χ1v) is 6.77. The minimum Gasteiger partial charge on any atom is -0.336 e. The van der Waals surface area contributed by atoms with Gasteiger partial charge in [-0.05, 0) is 24.6 Å². The molecule has 1 saturated heterocycles. The first kappa shape index (κ1) is 14.6. The summed E-state index contributed by atoms with van der Waals surface area (Å²) in [6.45, 7) is 1.03. The molecule has 3 rings (SSSR count). The third-order valence-corrected chi connectivity index (χ3v) is 3.65. The zero-order valence-electron chi connectivity index (χ0n) is 11.5. The molecule has 0 N–H and O–H groups in total. The van der Waals surface area contributed by atoms with Crippen LogP contribution in [-0.4, -0.2) is 38.7 Å². The number of hydrogen-bond acceptors (Lipinski definition) is 3. The van der Waals surface area contributed by atoms with Crippen LogP contribution in [0.2, 0.25) is 0 Å². The Morgan fingerprint density at radius 3 is 2.73 bits per heavy atom. The summed E-state index contributed by atoms with van der Waals surface area (Å²) >= 11 is 0. The number of carbonyl (C=O) groups is 1. The summed E-state index contributed by atoms with van der Waals surface area (Å²) in [5.74, 6) is -0.309. The third kappa shape index (κ3) is 2.81. The number of likely N-dealkylation sites (tertiary alicyclic amines) is 1. The number of pyridine rings is 1. The molecule has 0 radical (unpaired) electrons. The first-order chi connectivity index (χ1) is 10.4.